The van der Waals surface area contributed by atoms with Crippen LogP contribution in [0.2, 0.25) is 0 Å². The van der Waals surface area contributed by atoms with E-state index in [9.17, 15) is 4.39 Å². The largest absolute Gasteiger partial charge is 0.497 e. The first-order chi connectivity index (χ1) is 10.7. The molecule has 1 aliphatic rings. The molecule has 0 bridgehead atoms. The highest BCUT2D eigenvalue weighted by Crippen LogP contribution is 2.32. The van der Waals surface area contributed by atoms with Crippen LogP contribution in [0.5, 0.6) is 5.75 Å². The highest BCUT2D eigenvalue weighted by molar-refractivity contribution is 5.79. The standard InChI is InChI=1S/C17H18FN3O/c1-22-14-8-4-12(5-9-14)16-10-15(20-17(19)21-16)11-2-6-13(18)7-3-11/h2-9,15-16H,10H2,1H3,(H3,19,20,21). The summed E-state index contributed by atoms with van der Waals surface area (Å²) < 4.78 is 18.2. The number of nitrogens with zero attached hydrogens (tertiary/aromatic N) is 1. The molecule has 5 heteroatoms. The third kappa shape index (κ3) is 3.03. The number of nitrogens with one attached hydrogen (secondary N) is 1. The van der Waals surface area contributed by atoms with Crippen LogP contribution in [0.3, 0.4) is 0 Å². The van der Waals surface area contributed by atoms with Crippen molar-refractivity contribution in [2.75, 3.05) is 7.11 Å². The number of nitrogens with two attached hydrogens (primary N) is 1. The van der Waals surface area contributed by atoms with Crippen LogP contribution >= 0.6 is 0 Å². The monoisotopic (exact) mass is 299 g/mol. The quantitative estimate of drug-likeness (QED) is 0.916. The van der Waals surface area contributed by atoms with Crippen LogP contribution in [0.15, 0.2) is 53.5 Å². The van der Waals surface area contributed by atoms with Crippen molar-refractivity contribution in [2.24, 2.45) is 10.7 Å². The third-order valence-electron chi connectivity index (χ3n) is 3.85. The van der Waals surface area contributed by atoms with Gasteiger partial charge in [0.2, 0.25) is 0 Å². The summed E-state index contributed by atoms with van der Waals surface area (Å²) in [6.45, 7) is 0. The Morgan fingerprint density at radius 1 is 1.09 bits per heavy atom. The Labute approximate surface area is 128 Å². The average molecular weight is 299 g/mol. The van der Waals surface area contributed by atoms with Crippen molar-refractivity contribution in [3.8, 4) is 5.75 Å². The molecule has 3 rings (SSSR count). The van der Waals surface area contributed by atoms with Crippen molar-refractivity contribution in [3.63, 3.8) is 0 Å². The number of benzene rings is 2. The van der Waals surface area contributed by atoms with E-state index in [0.717, 1.165) is 23.3 Å². The Morgan fingerprint density at radius 3 is 2.36 bits per heavy atom. The Bertz CT molecular complexity index is 667. The van der Waals surface area contributed by atoms with Gasteiger partial charge >= 0.3 is 0 Å². The van der Waals surface area contributed by atoms with E-state index in [1.165, 1.54) is 12.1 Å². The summed E-state index contributed by atoms with van der Waals surface area (Å²) in [6, 6.07) is 14.3. The molecule has 0 saturated heterocycles. The lowest BCUT2D eigenvalue weighted by Crippen LogP contribution is -2.39. The van der Waals surface area contributed by atoms with Gasteiger partial charge in [0.15, 0.2) is 5.96 Å². The van der Waals surface area contributed by atoms with E-state index in [1.54, 1.807) is 19.2 Å². The van der Waals surface area contributed by atoms with Crippen LogP contribution in [0.1, 0.15) is 29.6 Å². The molecule has 0 amide bonds. The number of aliphatic imine (C=N–C) groups is 1. The summed E-state index contributed by atoms with van der Waals surface area (Å²) in [7, 11) is 1.64. The minimum Gasteiger partial charge on any atom is -0.497 e. The van der Waals surface area contributed by atoms with Gasteiger partial charge in [-0.3, -0.25) is 0 Å². The molecule has 2 aromatic carbocycles. The molecule has 2 aromatic rings. The Morgan fingerprint density at radius 2 is 1.73 bits per heavy atom. The highest BCUT2D eigenvalue weighted by atomic mass is 19.1. The normalized spacial score (nSPS) is 20.9. The second-order valence-corrected chi connectivity index (χ2v) is 5.29. The SMILES string of the molecule is COc1ccc(C2CC(c3ccc(F)cc3)NC(N)=N2)cc1. The van der Waals surface area contributed by atoms with Crippen molar-refractivity contribution < 1.29 is 9.13 Å². The number of guanidine groups is 1. The fourth-order valence-corrected chi connectivity index (χ4v) is 2.67. The Balaban J connectivity index is 1.83. The Kier molecular flexibility index (Phi) is 3.96. The first kappa shape index (κ1) is 14.4. The smallest absolute Gasteiger partial charge is 0.189 e. The highest BCUT2D eigenvalue weighted by Gasteiger charge is 2.24. The van der Waals surface area contributed by atoms with Gasteiger partial charge in [0.05, 0.1) is 19.2 Å². The number of hydrogen-bond donors (Lipinski definition) is 2. The third-order valence-corrected chi connectivity index (χ3v) is 3.85. The van der Waals surface area contributed by atoms with E-state index in [2.05, 4.69) is 10.3 Å². The number of hydrogen-bond acceptors (Lipinski definition) is 4. The number of rotatable bonds is 3. The zero-order chi connectivity index (χ0) is 15.5. The van der Waals surface area contributed by atoms with Crippen molar-refractivity contribution in [2.45, 2.75) is 18.5 Å². The number of ether oxygens (including phenoxy) is 1. The molecule has 0 aliphatic carbocycles. The summed E-state index contributed by atoms with van der Waals surface area (Å²) in [5.41, 5.74) is 8.00. The minimum absolute atomic E-state index is 0.0187. The van der Waals surface area contributed by atoms with Crippen molar-refractivity contribution >= 4 is 5.96 Å². The fraction of sp³-hybridized carbons (Fsp3) is 0.235. The zero-order valence-corrected chi connectivity index (χ0v) is 12.3. The van der Waals surface area contributed by atoms with Gasteiger partial charge in [-0.05, 0) is 41.8 Å². The molecule has 22 heavy (non-hydrogen) atoms. The lowest BCUT2D eigenvalue weighted by Gasteiger charge is -2.28. The lowest BCUT2D eigenvalue weighted by molar-refractivity contribution is 0.414. The van der Waals surface area contributed by atoms with Gasteiger partial charge in [-0.1, -0.05) is 24.3 Å². The van der Waals surface area contributed by atoms with Crippen molar-refractivity contribution in [1.82, 2.24) is 5.32 Å². The summed E-state index contributed by atoms with van der Waals surface area (Å²) >= 11 is 0. The maximum atomic E-state index is 13.1. The molecule has 2 unspecified atom stereocenters. The van der Waals surface area contributed by atoms with E-state index >= 15 is 0 Å². The molecule has 4 nitrogen and oxygen atoms in total. The van der Waals surface area contributed by atoms with Crippen LogP contribution < -0.4 is 15.8 Å². The summed E-state index contributed by atoms with van der Waals surface area (Å²) in [6.07, 6.45) is 0.763. The van der Waals surface area contributed by atoms with E-state index < -0.39 is 0 Å². The molecule has 2 atom stereocenters. The van der Waals surface area contributed by atoms with Gasteiger partial charge in [0.25, 0.3) is 0 Å². The molecule has 0 aromatic heterocycles. The molecule has 1 heterocycles. The maximum Gasteiger partial charge on any atom is 0.189 e. The molecule has 0 spiro atoms. The van der Waals surface area contributed by atoms with Crippen molar-refractivity contribution in [1.29, 1.82) is 0 Å². The van der Waals surface area contributed by atoms with Gasteiger partial charge in [0, 0.05) is 0 Å². The molecule has 0 saturated carbocycles. The summed E-state index contributed by atoms with van der Waals surface area (Å²) in [5.74, 6) is 0.971. The zero-order valence-electron chi connectivity index (χ0n) is 12.3. The van der Waals surface area contributed by atoms with Crippen LogP contribution in [0.25, 0.3) is 0 Å². The molecule has 1 aliphatic heterocycles. The minimum atomic E-state index is -0.243. The molecule has 0 fully saturated rings. The van der Waals surface area contributed by atoms with Crippen LogP contribution in [-0.4, -0.2) is 13.1 Å². The fourth-order valence-electron chi connectivity index (χ4n) is 2.67. The molecular formula is C17H18FN3O. The van der Waals surface area contributed by atoms with Gasteiger partial charge in [-0.2, -0.15) is 0 Å². The molecule has 0 radical (unpaired) electrons. The second-order valence-electron chi connectivity index (χ2n) is 5.29. The van der Waals surface area contributed by atoms with Gasteiger partial charge < -0.3 is 15.8 Å². The van der Waals surface area contributed by atoms with E-state index in [-0.39, 0.29) is 17.9 Å². The predicted octanol–water partition coefficient (Wildman–Crippen LogP) is 2.92. The van der Waals surface area contributed by atoms with Crippen molar-refractivity contribution in [3.05, 3.63) is 65.5 Å². The maximum absolute atomic E-state index is 13.1. The van der Waals surface area contributed by atoms with Crippen LogP contribution in [0, 0.1) is 5.82 Å². The molecule has 114 valence electrons. The van der Waals surface area contributed by atoms with Gasteiger partial charge in [0.1, 0.15) is 11.6 Å². The number of halogens is 1. The summed E-state index contributed by atoms with van der Waals surface area (Å²) in [5, 5.41) is 3.15. The van der Waals surface area contributed by atoms with Crippen LogP contribution in [0.4, 0.5) is 4.39 Å². The molecular weight excluding hydrogens is 281 g/mol. The van der Waals surface area contributed by atoms with E-state index in [0.29, 0.717) is 5.96 Å². The first-order valence-electron chi connectivity index (χ1n) is 7.15. The van der Waals surface area contributed by atoms with Gasteiger partial charge in [-0.15, -0.1) is 0 Å². The topological polar surface area (TPSA) is 59.6 Å². The Hall–Kier alpha value is -2.56. The average Bonchev–Trinajstić information content (AvgIpc) is 2.55. The summed E-state index contributed by atoms with van der Waals surface area (Å²) in [4.78, 5) is 4.47. The molecule has 3 N–H and O–H groups in total. The van der Waals surface area contributed by atoms with Crippen LogP contribution in [-0.2, 0) is 0 Å². The van der Waals surface area contributed by atoms with Gasteiger partial charge in [-0.25, -0.2) is 9.38 Å². The van der Waals surface area contributed by atoms with E-state index in [4.69, 9.17) is 10.5 Å². The first-order valence-corrected chi connectivity index (χ1v) is 7.15. The predicted molar refractivity (Wildman–Crippen MR) is 84.3 cm³/mol. The van der Waals surface area contributed by atoms with E-state index in [1.807, 2.05) is 24.3 Å². The lowest BCUT2D eigenvalue weighted by atomic mass is 9.94. The second kappa shape index (κ2) is 6.05. The number of methoxy groups -OCH3 is 1.